The molecule has 2 nitrogen and oxygen atoms in total. The molecule has 1 aromatic heterocycles. The highest BCUT2D eigenvalue weighted by molar-refractivity contribution is 5.86. The molecule has 3 aromatic rings. The maximum Gasteiger partial charge on any atom is 0.141 e. The lowest BCUT2D eigenvalue weighted by atomic mass is 9.99. The van der Waals surface area contributed by atoms with Crippen LogP contribution in [-0.4, -0.2) is 7.11 Å². The van der Waals surface area contributed by atoms with Crippen LogP contribution in [0.2, 0.25) is 0 Å². The molecule has 0 amide bonds. The van der Waals surface area contributed by atoms with E-state index in [2.05, 4.69) is 43.3 Å². The number of ether oxygens (including phenoxy) is 1. The van der Waals surface area contributed by atoms with Gasteiger partial charge >= 0.3 is 0 Å². The Hall–Kier alpha value is -2.22. The third-order valence-electron chi connectivity index (χ3n) is 4.21. The molecule has 0 unspecified atom stereocenters. The summed E-state index contributed by atoms with van der Waals surface area (Å²) in [4.78, 5) is 0. The molecule has 22 heavy (non-hydrogen) atoms. The van der Waals surface area contributed by atoms with E-state index >= 15 is 0 Å². The van der Waals surface area contributed by atoms with E-state index in [1.807, 2.05) is 6.07 Å². The van der Waals surface area contributed by atoms with Gasteiger partial charge in [-0.1, -0.05) is 30.3 Å². The predicted octanol–water partition coefficient (Wildman–Crippen LogP) is 5.32. The Labute approximate surface area is 131 Å². The molecular formula is C20H22O2. The molecule has 2 heteroatoms. The number of methoxy groups -OCH3 is 1. The van der Waals surface area contributed by atoms with Crippen LogP contribution < -0.4 is 4.74 Å². The van der Waals surface area contributed by atoms with E-state index < -0.39 is 0 Å². The highest BCUT2D eigenvalue weighted by Crippen LogP contribution is 2.33. The van der Waals surface area contributed by atoms with Crippen molar-refractivity contribution in [3.05, 3.63) is 65.4 Å². The Balaban J connectivity index is 1.71. The van der Waals surface area contributed by atoms with Crippen molar-refractivity contribution in [1.82, 2.24) is 0 Å². The summed E-state index contributed by atoms with van der Waals surface area (Å²) in [7, 11) is 1.73. The van der Waals surface area contributed by atoms with Crippen LogP contribution >= 0.6 is 0 Å². The smallest absolute Gasteiger partial charge is 0.141 e. The number of rotatable bonds is 6. The van der Waals surface area contributed by atoms with Gasteiger partial charge in [-0.2, -0.15) is 0 Å². The van der Waals surface area contributed by atoms with Crippen LogP contribution in [0.4, 0.5) is 0 Å². The molecule has 0 bridgehead atoms. The molecule has 0 atom stereocenters. The van der Waals surface area contributed by atoms with Crippen LogP contribution in [0.5, 0.6) is 5.75 Å². The Morgan fingerprint density at radius 1 is 1.00 bits per heavy atom. The lowest BCUT2D eigenvalue weighted by molar-refractivity contribution is 0.408. The predicted molar refractivity (Wildman–Crippen MR) is 90.6 cm³/mol. The van der Waals surface area contributed by atoms with Gasteiger partial charge < -0.3 is 9.15 Å². The molecule has 0 N–H and O–H groups in total. The van der Waals surface area contributed by atoms with Crippen LogP contribution in [0, 0.1) is 6.92 Å². The van der Waals surface area contributed by atoms with Crippen molar-refractivity contribution in [3.63, 3.8) is 0 Å². The van der Waals surface area contributed by atoms with Crippen molar-refractivity contribution >= 4 is 11.0 Å². The third kappa shape index (κ3) is 3.01. The normalized spacial score (nSPS) is 11.0. The number of unbranched alkanes of at least 4 members (excludes halogenated alkanes) is 1. The van der Waals surface area contributed by atoms with E-state index in [1.54, 1.807) is 13.4 Å². The first kappa shape index (κ1) is 14.7. The topological polar surface area (TPSA) is 22.4 Å². The monoisotopic (exact) mass is 294 g/mol. The van der Waals surface area contributed by atoms with E-state index in [-0.39, 0.29) is 0 Å². The molecule has 0 saturated heterocycles. The quantitative estimate of drug-likeness (QED) is 0.574. The third-order valence-corrected chi connectivity index (χ3v) is 4.21. The van der Waals surface area contributed by atoms with Crippen LogP contribution in [0.3, 0.4) is 0 Å². The van der Waals surface area contributed by atoms with E-state index in [4.69, 9.17) is 9.15 Å². The molecule has 2 aromatic carbocycles. The summed E-state index contributed by atoms with van der Waals surface area (Å²) in [6.45, 7) is 2.10. The first-order chi connectivity index (χ1) is 10.8. The molecule has 0 spiro atoms. The summed E-state index contributed by atoms with van der Waals surface area (Å²) < 4.78 is 11.3. The number of benzene rings is 2. The standard InChI is InChI=1S/C20H22O2/c1-15-14-19(21-2)18(20-17(15)12-13-22-20)11-7-6-10-16-8-4-3-5-9-16/h3-5,8-9,12-14H,6-7,10-11H2,1-2H3. The van der Waals surface area contributed by atoms with Gasteiger partial charge in [0.25, 0.3) is 0 Å². The van der Waals surface area contributed by atoms with E-state index in [9.17, 15) is 0 Å². The summed E-state index contributed by atoms with van der Waals surface area (Å²) in [5.74, 6) is 0.944. The van der Waals surface area contributed by atoms with Crippen molar-refractivity contribution in [1.29, 1.82) is 0 Å². The summed E-state index contributed by atoms with van der Waals surface area (Å²) in [6.07, 6.45) is 6.18. The zero-order valence-electron chi connectivity index (χ0n) is 13.3. The minimum Gasteiger partial charge on any atom is -0.496 e. The summed E-state index contributed by atoms with van der Waals surface area (Å²) in [5, 5.41) is 1.19. The summed E-state index contributed by atoms with van der Waals surface area (Å²) in [6, 6.07) is 14.8. The van der Waals surface area contributed by atoms with Crippen LogP contribution in [-0.2, 0) is 12.8 Å². The molecule has 0 radical (unpaired) electrons. The van der Waals surface area contributed by atoms with Gasteiger partial charge in [0.15, 0.2) is 0 Å². The average Bonchev–Trinajstić information content (AvgIpc) is 3.04. The fourth-order valence-corrected chi connectivity index (χ4v) is 3.02. The maximum absolute atomic E-state index is 5.71. The van der Waals surface area contributed by atoms with Crippen LogP contribution in [0.1, 0.15) is 29.5 Å². The van der Waals surface area contributed by atoms with Crippen molar-refractivity contribution in [3.8, 4) is 5.75 Å². The SMILES string of the molecule is COc1cc(C)c2ccoc2c1CCCCc1ccccc1. The second kappa shape index (κ2) is 6.69. The van der Waals surface area contributed by atoms with Gasteiger partial charge in [0.1, 0.15) is 11.3 Å². The Bertz CT molecular complexity index is 741. The molecule has 3 rings (SSSR count). The van der Waals surface area contributed by atoms with Gasteiger partial charge in [-0.25, -0.2) is 0 Å². The fourth-order valence-electron chi connectivity index (χ4n) is 3.02. The number of hydrogen-bond acceptors (Lipinski definition) is 2. The lowest BCUT2D eigenvalue weighted by Gasteiger charge is -2.11. The van der Waals surface area contributed by atoms with Crippen LogP contribution in [0.25, 0.3) is 11.0 Å². The van der Waals surface area contributed by atoms with Crippen molar-refractivity contribution in [2.45, 2.75) is 32.6 Å². The van der Waals surface area contributed by atoms with Gasteiger partial charge in [-0.15, -0.1) is 0 Å². The van der Waals surface area contributed by atoms with Crippen LogP contribution in [0.15, 0.2) is 53.1 Å². The molecule has 114 valence electrons. The molecule has 1 heterocycles. The molecule has 0 aliphatic carbocycles. The minimum atomic E-state index is 0.944. The first-order valence-electron chi connectivity index (χ1n) is 7.87. The van der Waals surface area contributed by atoms with E-state index in [1.165, 1.54) is 28.5 Å². The summed E-state index contributed by atoms with van der Waals surface area (Å²) >= 11 is 0. The number of aryl methyl sites for hydroxylation is 3. The second-order valence-corrected chi connectivity index (χ2v) is 5.73. The molecule has 0 aliphatic rings. The highest BCUT2D eigenvalue weighted by Gasteiger charge is 2.13. The van der Waals surface area contributed by atoms with Gasteiger partial charge in [0, 0.05) is 10.9 Å². The number of fused-ring (bicyclic) bond motifs is 1. The second-order valence-electron chi connectivity index (χ2n) is 5.73. The Morgan fingerprint density at radius 2 is 1.77 bits per heavy atom. The van der Waals surface area contributed by atoms with E-state index in [0.717, 1.165) is 30.6 Å². The molecular weight excluding hydrogens is 272 g/mol. The zero-order chi connectivity index (χ0) is 15.4. The fraction of sp³-hybridized carbons (Fsp3) is 0.300. The molecule has 0 saturated carbocycles. The van der Waals surface area contributed by atoms with Gasteiger partial charge in [-0.05, 0) is 55.9 Å². The lowest BCUT2D eigenvalue weighted by Crippen LogP contribution is -1.96. The zero-order valence-corrected chi connectivity index (χ0v) is 13.3. The van der Waals surface area contributed by atoms with Crippen molar-refractivity contribution in [2.24, 2.45) is 0 Å². The van der Waals surface area contributed by atoms with Gasteiger partial charge in [0.2, 0.25) is 0 Å². The number of hydrogen-bond donors (Lipinski definition) is 0. The van der Waals surface area contributed by atoms with Gasteiger partial charge in [-0.3, -0.25) is 0 Å². The minimum absolute atomic E-state index is 0.944. The molecule has 0 aliphatic heterocycles. The van der Waals surface area contributed by atoms with Gasteiger partial charge in [0.05, 0.1) is 13.4 Å². The van der Waals surface area contributed by atoms with Crippen molar-refractivity contribution in [2.75, 3.05) is 7.11 Å². The first-order valence-corrected chi connectivity index (χ1v) is 7.87. The highest BCUT2D eigenvalue weighted by atomic mass is 16.5. The van der Waals surface area contributed by atoms with Crippen molar-refractivity contribution < 1.29 is 9.15 Å². The average molecular weight is 294 g/mol. The number of furan rings is 1. The molecule has 0 fully saturated rings. The Morgan fingerprint density at radius 3 is 2.55 bits per heavy atom. The maximum atomic E-state index is 5.71. The Kier molecular flexibility index (Phi) is 4.47. The largest absolute Gasteiger partial charge is 0.496 e. The van der Waals surface area contributed by atoms with E-state index in [0.29, 0.717) is 0 Å². The summed E-state index contributed by atoms with van der Waals surface area (Å²) in [5.41, 5.74) is 4.79.